The number of pyridine rings is 1. The van der Waals surface area contributed by atoms with Crippen molar-refractivity contribution in [3.63, 3.8) is 0 Å². The monoisotopic (exact) mass is 262 g/mol. The lowest BCUT2D eigenvalue weighted by Crippen LogP contribution is -1.95. The summed E-state index contributed by atoms with van der Waals surface area (Å²) in [6.07, 6.45) is 1.47. The zero-order chi connectivity index (χ0) is 8.27. The Hall–Kier alpha value is -0.700. The van der Waals surface area contributed by atoms with Gasteiger partial charge >= 0.3 is 0 Å². The molecule has 1 aromatic rings. The van der Waals surface area contributed by atoms with Gasteiger partial charge in [-0.1, -0.05) is 0 Å². The van der Waals surface area contributed by atoms with Crippen molar-refractivity contribution in [2.24, 2.45) is 0 Å². The molecule has 1 heterocycles. The highest BCUT2D eigenvalue weighted by molar-refractivity contribution is 14.1. The lowest BCUT2D eigenvalue weighted by atomic mass is 10.2. The van der Waals surface area contributed by atoms with Gasteiger partial charge < -0.3 is 0 Å². The number of halogens is 2. The molecule has 0 aliphatic carbocycles. The molecule has 56 valence electrons. The molecule has 11 heavy (non-hydrogen) atoms. The molecule has 0 amide bonds. The smallest absolute Gasteiger partial charge is 0.218 e. The summed E-state index contributed by atoms with van der Waals surface area (Å²) in [4.78, 5) is 3.44. The molecule has 2 nitrogen and oxygen atoms in total. The fraction of sp³-hybridized carbons (Fsp3) is 0.143. The highest BCUT2D eigenvalue weighted by atomic mass is 127. The second-order valence-electron chi connectivity index (χ2n) is 1.90. The van der Waals surface area contributed by atoms with Crippen molar-refractivity contribution in [3.05, 3.63) is 27.3 Å². The number of nitrogens with zero attached hydrogens (tertiary/aromatic N) is 2. The van der Waals surface area contributed by atoms with Gasteiger partial charge in [-0.2, -0.15) is 9.65 Å². The zero-order valence-corrected chi connectivity index (χ0v) is 7.67. The largest absolute Gasteiger partial charge is 0.228 e. The van der Waals surface area contributed by atoms with E-state index in [4.69, 9.17) is 5.26 Å². The molecular weight excluding hydrogens is 258 g/mol. The number of aromatic nitrogens is 1. The Labute approximate surface area is 77.2 Å². The van der Waals surface area contributed by atoms with E-state index in [1.54, 1.807) is 6.07 Å². The van der Waals surface area contributed by atoms with Gasteiger partial charge in [0.1, 0.15) is 0 Å². The van der Waals surface area contributed by atoms with E-state index in [0.29, 0.717) is 5.56 Å². The summed E-state index contributed by atoms with van der Waals surface area (Å²) < 4.78 is 13.5. The Kier molecular flexibility index (Phi) is 2.76. The maximum atomic E-state index is 12.8. The van der Waals surface area contributed by atoms with Crippen LogP contribution in [0.15, 0.2) is 12.3 Å². The fourth-order valence-electron chi connectivity index (χ4n) is 0.682. The highest BCUT2D eigenvalue weighted by Gasteiger charge is 2.05. The Bertz CT molecular complexity index is 286. The van der Waals surface area contributed by atoms with E-state index in [-0.39, 0.29) is 6.42 Å². The van der Waals surface area contributed by atoms with Crippen LogP contribution in [0.2, 0.25) is 0 Å². The minimum Gasteiger partial charge on any atom is -0.228 e. The van der Waals surface area contributed by atoms with E-state index < -0.39 is 5.95 Å². The van der Waals surface area contributed by atoms with E-state index in [1.807, 2.05) is 28.7 Å². The van der Waals surface area contributed by atoms with Crippen molar-refractivity contribution >= 4 is 22.6 Å². The second kappa shape index (κ2) is 3.62. The summed E-state index contributed by atoms with van der Waals surface area (Å²) in [6, 6.07) is 3.56. The average Bonchev–Trinajstić information content (AvgIpc) is 1.97. The summed E-state index contributed by atoms with van der Waals surface area (Å²) in [7, 11) is 0. The van der Waals surface area contributed by atoms with Crippen LogP contribution in [0.5, 0.6) is 0 Å². The van der Waals surface area contributed by atoms with E-state index in [9.17, 15) is 4.39 Å². The number of hydrogen-bond donors (Lipinski definition) is 0. The van der Waals surface area contributed by atoms with Gasteiger partial charge in [0.25, 0.3) is 0 Å². The Morgan fingerprint density at radius 1 is 1.73 bits per heavy atom. The van der Waals surface area contributed by atoms with Gasteiger partial charge in [0, 0.05) is 15.3 Å². The lowest BCUT2D eigenvalue weighted by Gasteiger charge is -1.97. The van der Waals surface area contributed by atoms with Crippen molar-refractivity contribution < 1.29 is 4.39 Å². The molecule has 0 aliphatic rings. The molecule has 0 aromatic carbocycles. The van der Waals surface area contributed by atoms with Gasteiger partial charge in [-0.15, -0.1) is 0 Å². The minimum atomic E-state index is -0.543. The third-order valence-corrected chi connectivity index (χ3v) is 2.21. The molecule has 0 saturated carbocycles. The quantitative estimate of drug-likeness (QED) is 0.572. The molecule has 1 aromatic heterocycles. The van der Waals surface area contributed by atoms with Gasteiger partial charge in [0.2, 0.25) is 5.95 Å². The van der Waals surface area contributed by atoms with E-state index in [0.717, 1.165) is 3.57 Å². The van der Waals surface area contributed by atoms with Crippen LogP contribution in [0.3, 0.4) is 0 Å². The van der Waals surface area contributed by atoms with Crippen LogP contribution in [0, 0.1) is 20.8 Å². The summed E-state index contributed by atoms with van der Waals surface area (Å²) in [5.74, 6) is -0.543. The molecule has 0 radical (unpaired) electrons. The van der Waals surface area contributed by atoms with Crippen molar-refractivity contribution in [2.75, 3.05) is 0 Å². The molecular formula is C7H4FIN2. The molecule has 4 heteroatoms. The average molecular weight is 262 g/mol. The summed E-state index contributed by atoms with van der Waals surface area (Å²) >= 11 is 1.98. The van der Waals surface area contributed by atoms with Crippen molar-refractivity contribution in [1.82, 2.24) is 4.98 Å². The molecule has 0 unspecified atom stereocenters. The molecule has 0 aliphatic heterocycles. The van der Waals surface area contributed by atoms with Gasteiger partial charge in [-0.05, 0) is 28.7 Å². The standard InChI is InChI=1S/C7H4FIN2/c8-7-5(1-3-10)6(9)2-4-11-7/h2,4H,1H2. The first kappa shape index (κ1) is 8.40. The van der Waals surface area contributed by atoms with Gasteiger partial charge in [0.05, 0.1) is 12.5 Å². The number of nitriles is 1. The molecule has 0 saturated heterocycles. The molecule has 0 spiro atoms. The topological polar surface area (TPSA) is 36.7 Å². The van der Waals surface area contributed by atoms with Crippen LogP contribution in [-0.4, -0.2) is 4.98 Å². The maximum Gasteiger partial charge on any atom is 0.218 e. The van der Waals surface area contributed by atoms with Gasteiger partial charge in [-0.25, -0.2) is 4.98 Å². The minimum absolute atomic E-state index is 0.0813. The van der Waals surface area contributed by atoms with E-state index in [1.165, 1.54) is 6.20 Å². The lowest BCUT2D eigenvalue weighted by molar-refractivity contribution is 0.569. The maximum absolute atomic E-state index is 12.8. The zero-order valence-electron chi connectivity index (χ0n) is 5.51. The molecule has 0 bridgehead atoms. The van der Waals surface area contributed by atoms with Crippen LogP contribution >= 0.6 is 22.6 Å². The predicted molar refractivity (Wildman–Crippen MR) is 46.2 cm³/mol. The summed E-state index contributed by atoms with van der Waals surface area (Å²) in [5, 5.41) is 8.32. The summed E-state index contributed by atoms with van der Waals surface area (Å²) in [5.41, 5.74) is 0.385. The van der Waals surface area contributed by atoms with Crippen LogP contribution in [-0.2, 0) is 6.42 Å². The first-order valence-electron chi connectivity index (χ1n) is 2.91. The number of hydrogen-bond acceptors (Lipinski definition) is 2. The Morgan fingerprint density at radius 3 is 3.00 bits per heavy atom. The second-order valence-corrected chi connectivity index (χ2v) is 3.06. The van der Waals surface area contributed by atoms with Crippen LogP contribution in [0.4, 0.5) is 4.39 Å². The first-order valence-corrected chi connectivity index (χ1v) is 3.99. The van der Waals surface area contributed by atoms with Crippen LogP contribution < -0.4 is 0 Å². The molecule has 0 fully saturated rings. The van der Waals surface area contributed by atoms with Gasteiger partial charge in [0.15, 0.2) is 0 Å². The van der Waals surface area contributed by atoms with Crippen LogP contribution in [0.1, 0.15) is 5.56 Å². The van der Waals surface area contributed by atoms with E-state index >= 15 is 0 Å². The van der Waals surface area contributed by atoms with Crippen molar-refractivity contribution in [3.8, 4) is 6.07 Å². The van der Waals surface area contributed by atoms with Crippen LogP contribution in [0.25, 0.3) is 0 Å². The van der Waals surface area contributed by atoms with Gasteiger partial charge in [-0.3, -0.25) is 0 Å². The normalized spacial score (nSPS) is 9.18. The predicted octanol–water partition coefficient (Wildman–Crippen LogP) is 1.89. The molecule has 0 atom stereocenters. The first-order chi connectivity index (χ1) is 5.25. The Balaban J connectivity index is 3.12. The molecule has 1 rings (SSSR count). The highest BCUT2D eigenvalue weighted by Crippen LogP contribution is 2.13. The van der Waals surface area contributed by atoms with Crippen molar-refractivity contribution in [1.29, 1.82) is 5.26 Å². The van der Waals surface area contributed by atoms with Crippen molar-refractivity contribution in [2.45, 2.75) is 6.42 Å². The number of rotatable bonds is 1. The van der Waals surface area contributed by atoms with E-state index in [2.05, 4.69) is 4.98 Å². The Morgan fingerprint density at radius 2 is 2.45 bits per heavy atom. The third kappa shape index (κ3) is 1.87. The SMILES string of the molecule is N#CCc1c(I)ccnc1F. The summed E-state index contributed by atoms with van der Waals surface area (Å²) in [6.45, 7) is 0. The fourth-order valence-corrected chi connectivity index (χ4v) is 1.26. The third-order valence-electron chi connectivity index (χ3n) is 1.20. The molecule has 0 N–H and O–H groups in total.